The van der Waals surface area contributed by atoms with Crippen LogP contribution in [0.3, 0.4) is 0 Å². The number of benzene rings is 2. The topological polar surface area (TPSA) is 43.4 Å². The first-order chi connectivity index (χ1) is 12.0. The minimum atomic E-state index is -3.88. The number of rotatable bonds is 5. The number of hydrogen-bond acceptors (Lipinski definition) is 3. The molecular weight excluding hydrogens is 461 g/mol. The zero-order chi connectivity index (χ0) is 17.9. The quantitative estimate of drug-likeness (QED) is 0.560. The summed E-state index contributed by atoms with van der Waals surface area (Å²) in [6.45, 7) is 0. The van der Waals surface area contributed by atoms with Gasteiger partial charge in [0.15, 0.2) is 0 Å². The molecule has 0 saturated heterocycles. The van der Waals surface area contributed by atoms with Gasteiger partial charge in [-0.05, 0) is 0 Å². The molecule has 1 aliphatic rings. The molecule has 7 heteroatoms. The van der Waals surface area contributed by atoms with Crippen molar-refractivity contribution in [2.24, 2.45) is 0 Å². The van der Waals surface area contributed by atoms with Crippen LogP contribution in [-0.4, -0.2) is 13.7 Å². The second kappa shape index (κ2) is 8.09. The summed E-state index contributed by atoms with van der Waals surface area (Å²) in [7, 11) is -3.88. The van der Waals surface area contributed by atoms with Crippen molar-refractivity contribution < 1.29 is 19.7 Å². The van der Waals surface area contributed by atoms with Gasteiger partial charge in [-0.3, -0.25) is 0 Å². The van der Waals surface area contributed by atoms with Gasteiger partial charge in [-0.1, -0.05) is 0 Å². The summed E-state index contributed by atoms with van der Waals surface area (Å²) in [5.41, 5.74) is 0. The van der Waals surface area contributed by atoms with Crippen molar-refractivity contribution in [1.29, 1.82) is 0 Å². The molecule has 0 aromatic heterocycles. The van der Waals surface area contributed by atoms with Crippen LogP contribution in [0.1, 0.15) is 32.1 Å². The Bertz CT molecular complexity index is 790. The fourth-order valence-corrected chi connectivity index (χ4v) is 10.7. The molecule has 0 aliphatic heterocycles. The Kier molecular flexibility index (Phi) is 6.06. The molecule has 1 fully saturated rings. The van der Waals surface area contributed by atoms with Crippen molar-refractivity contribution in [1.82, 2.24) is 0 Å². The van der Waals surface area contributed by atoms with Gasteiger partial charge in [0.1, 0.15) is 0 Å². The standard InChI is InChI=1S/C18H19F2IO3S/c19-15-10-4-6-12-17(15)21(18-13-7-5-11-16(18)20)24-25(22,23)14-8-2-1-3-9-14/h4-7,10-14H,1-3,8-9H2. The van der Waals surface area contributed by atoms with Gasteiger partial charge < -0.3 is 0 Å². The van der Waals surface area contributed by atoms with Gasteiger partial charge in [0, 0.05) is 0 Å². The van der Waals surface area contributed by atoms with Gasteiger partial charge >= 0.3 is 155 Å². The Morgan fingerprint density at radius 2 is 1.32 bits per heavy atom. The molecule has 0 N–H and O–H groups in total. The van der Waals surface area contributed by atoms with Crippen LogP contribution < -0.4 is 0 Å². The molecule has 0 bridgehead atoms. The van der Waals surface area contributed by atoms with E-state index in [9.17, 15) is 17.2 Å². The van der Waals surface area contributed by atoms with Crippen LogP contribution in [0.2, 0.25) is 0 Å². The summed E-state index contributed by atoms with van der Waals surface area (Å²) < 4.78 is 60.0. The number of halogens is 3. The molecule has 2 aromatic carbocycles. The first kappa shape index (κ1) is 18.7. The SMILES string of the molecule is O=S(=O)(OI(c1ccccc1F)c1ccccc1F)C1CCCCC1. The Morgan fingerprint density at radius 3 is 1.80 bits per heavy atom. The summed E-state index contributed by atoms with van der Waals surface area (Å²) in [6.07, 6.45) is 3.76. The molecule has 3 nitrogen and oxygen atoms in total. The molecule has 136 valence electrons. The molecule has 0 radical (unpaired) electrons. The van der Waals surface area contributed by atoms with Gasteiger partial charge in [0.2, 0.25) is 0 Å². The van der Waals surface area contributed by atoms with Crippen molar-refractivity contribution in [3.8, 4) is 0 Å². The maximum absolute atomic E-state index is 14.3. The second-order valence-electron chi connectivity index (χ2n) is 5.89. The molecule has 2 aromatic rings. The van der Waals surface area contributed by atoms with E-state index in [0.29, 0.717) is 12.8 Å². The monoisotopic (exact) mass is 480 g/mol. The zero-order valence-corrected chi connectivity index (χ0v) is 16.5. The van der Waals surface area contributed by atoms with Gasteiger partial charge in [-0.15, -0.1) is 0 Å². The van der Waals surface area contributed by atoms with Crippen LogP contribution in [0, 0.1) is 18.8 Å². The van der Waals surface area contributed by atoms with Gasteiger partial charge in [0.05, 0.1) is 0 Å². The van der Waals surface area contributed by atoms with E-state index in [1.165, 1.54) is 36.4 Å². The van der Waals surface area contributed by atoms with E-state index in [4.69, 9.17) is 2.51 Å². The van der Waals surface area contributed by atoms with Crippen LogP contribution in [-0.2, 0) is 12.6 Å². The second-order valence-corrected chi connectivity index (χ2v) is 12.5. The van der Waals surface area contributed by atoms with E-state index in [-0.39, 0.29) is 7.14 Å². The minimum absolute atomic E-state index is 0.163. The summed E-state index contributed by atoms with van der Waals surface area (Å²) in [4.78, 5) is 0. The van der Waals surface area contributed by atoms with Crippen LogP contribution in [0.15, 0.2) is 48.5 Å². The summed E-state index contributed by atoms with van der Waals surface area (Å²) in [5.74, 6) is -1.12. The van der Waals surface area contributed by atoms with Crippen LogP contribution in [0.4, 0.5) is 8.78 Å². The van der Waals surface area contributed by atoms with E-state index in [1.54, 1.807) is 12.1 Å². The van der Waals surface area contributed by atoms with E-state index < -0.39 is 47.2 Å². The average molecular weight is 480 g/mol. The molecule has 0 spiro atoms. The molecule has 0 atom stereocenters. The van der Waals surface area contributed by atoms with E-state index in [1.807, 2.05) is 0 Å². The van der Waals surface area contributed by atoms with E-state index in [0.717, 1.165) is 19.3 Å². The molecule has 0 amide bonds. The van der Waals surface area contributed by atoms with Crippen LogP contribution >= 0.6 is 20.2 Å². The normalized spacial score (nSPS) is 16.6. The summed E-state index contributed by atoms with van der Waals surface area (Å²) in [6, 6.07) is 11.7. The van der Waals surface area contributed by atoms with Crippen LogP contribution in [0.25, 0.3) is 0 Å². The van der Waals surface area contributed by atoms with Crippen molar-refractivity contribution in [2.45, 2.75) is 37.4 Å². The molecule has 3 rings (SSSR count). The first-order valence-electron chi connectivity index (χ1n) is 8.12. The molecule has 1 saturated carbocycles. The Morgan fingerprint density at radius 1 is 0.840 bits per heavy atom. The molecule has 0 unspecified atom stereocenters. The molecule has 0 heterocycles. The van der Waals surface area contributed by atoms with Crippen molar-refractivity contribution in [2.75, 3.05) is 0 Å². The Hall–Kier alpha value is -1.06. The van der Waals surface area contributed by atoms with Crippen molar-refractivity contribution in [3.05, 3.63) is 67.3 Å². The predicted octanol–water partition coefficient (Wildman–Crippen LogP) is 5.10. The maximum atomic E-state index is 14.3. The first-order valence-corrected chi connectivity index (χ1v) is 12.6. The predicted molar refractivity (Wildman–Crippen MR) is 101 cm³/mol. The molecule has 25 heavy (non-hydrogen) atoms. The molecular formula is C18H19F2IO3S. The average Bonchev–Trinajstić information content (AvgIpc) is 2.62. The summed E-state index contributed by atoms with van der Waals surface area (Å²) in [5, 5.41) is -0.584. The van der Waals surface area contributed by atoms with Gasteiger partial charge in [-0.2, -0.15) is 0 Å². The fourth-order valence-electron chi connectivity index (χ4n) is 2.83. The Labute approximate surface area is 154 Å². The van der Waals surface area contributed by atoms with Gasteiger partial charge in [0.25, 0.3) is 0 Å². The van der Waals surface area contributed by atoms with Crippen molar-refractivity contribution >= 4 is 30.4 Å². The van der Waals surface area contributed by atoms with Gasteiger partial charge in [-0.25, -0.2) is 0 Å². The fraction of sp³-hybridized carbons (Fsp3) is 0.333. The number of hydrogen-bond donors (Lipinski definition) is 0. The van der Waals surface area contributed by atoms with E-state index >= 15 is 0 Å². The van der Waals surface area contributed by atoms with E-state index in [2.05, 4.69) is 0 Å². The molecule has 1 aliphatic carbocycles. The third kappa shape index (κ3) is 4.38. The van der Waals surface area contributed by atoms with Crippen LogP contribution in [0.5, 0.6) is 0 Å². The summed E-state index contributed by atoms with van der Waals surface area (Å²) >= 11 is -3.28. The third-order valence-electron chi connectivity index (χ3n) is 4.13. The van der Waals surface area contributed by atoms with Crippen molar-refractivity contribution in [3.63, 3.8) is 0 Å². The third-order valence-corrected chi connectivity index (χ3v) is 12.2. The zero-order valence-electron chi connectivity index (χ0n) is 13.5. The Balaban J connectivity index is 2.00.